The highest BCUT2D eigenvalue weighted by molar-refractivity contribution is 6.03. The van der Waals surface area contributed by atoms with Gasteiger partial charge < -0.3 is 10.4 Å². The summed E-state index contributed by atoms with van der Waals surface area (Å²) in [6, 6.07) is 1.55. The van der Waals surface area contributed by atoms with E-state index in [1.807, 2.05) is 0 Å². The number of nitrogens with one attached hydrogen (secondary N) is 1. The number of alkyl halides is 3. The SMILES string of the molecule is O=C(Nc1ccc(C(F)(F)F)nc1O)c1cnccn1. The number of nitrogens with zero attached hydrogens (tertiary/aromatic N) is 3. The average molecular weight is 284 g/mol. The van der Waals surface area contributed by atoms with Gasteiger partial charge in [-0.05, 0) is 12.1 Å². The van der Waals surface area contributed by atoms with Gasteiger partial charge in [0.1, 0.15) is 17.1 Å². The van der Waals surface area contributed by atoms with Gasteiger partial charge in [0.2, 0.25) is 5.88 Å². The maximum Gasteiger partial charge on any atom is 0.433 e. The fourth-order valence-electron chi connectivity index (χ4n) is 1.31. The first kappa shape index (κ1) is 13.7. The molecule has 0 aliphatic rings. The van der Waals surface area contributed by atoms with Crippen LogP contribution in [0.2, 0.25) is 0 Å². The van der Waals surface area contributed by atoms with Gasteiger partial charge in [0.15, 0.2) is 0 Å². The Morgan fingerprint density at radius 3 is 2.55 bits per heavy atom. The summed E-state index contributed by atoms with van der Waals surface area (Å²) in [4.78, 5) is 22.0. The first-order valence-corrected chi connectivity index (χ1v) is 5.22. The molecule has 0 atom stereocenters. The number of amides is 1. The van der Waals surface area contributed by atoms with E-state index in [2.05, 4.69) is 20.3 Å². The second-order valence-electron chi connectivity index (χ2n) is 3.61. The van der Waals surface area contributed by atoms with Crippen LogP contribution in [0.15, 0.2) is 30.7 Å². The summed E-state index contributed by atoms with van der Waals surface area (Å²) < 4.78 is 37.0. The standard InChI is InChI=1S/C11H7F3N4O2/c12-11(13,14)8-2-1-6(9(19)18-8)17-10(20)7-5-15-3-4-16-7/h1-5H,(H,17,20)(H,18,19). The number of halogens is 3. The van der Waals surface area contributed by atoms with Gasteiger partial charge in [0.25, 0.3) is 5.91 Å². The van der Waals surface area contributed by atoms with Crippen LogP contribution in [-0.4, -0.2) is 26.0 Å². The first-order chi connectivity index (χ1) is 9.38. The van der Waals surface area contributed by atoms with Crippen molar-refractivity contribution in [3.63, 3.8) is 0 Å². The van der Waals surface area contributed by atoms with Gasteiger partial charge in [0, 0.05) is 12.4 Å². The van der Waals surface area contributed by atoms with Crippen molar-refractivity contribution in [2.45, 2.75) is 6.18 Å². The summed E-state index contributed by atoms with van der Waals surface area (Å²) in [7, 11) is 0. The molecule has 2 rings (SSSR count). The first-order valence-electron chi connectivity index (χ1n) is 5.22. The van der Waals surface area contributed by atoms with Crippen LogP contribution in [0.25, 0.3) is 0 Å². The van der Waals surface area contributed by atoms with Crippen LogP contribution in [0.5, 0.6) is 5.88 Å². The summed E-state index contributed by atoms with van der Waals surface area (Å²) in [5.74, 6) is -1.66. The molecule has 2 aromatic rings. The summed E-state index contributed by atoms with van der Waals surface area (Å²) in [5, 5.41) is 11.6. The molecule has 20 heavy (non-hydrogen) atoms. The van der Waals surface area contributed by atoms with Crippen LogP contribution in [0.3, 0.4) is 0 Å². The zero-order chi connectivity index (χ0) is 14.8. The number of aromatic hydroxyl groups is 1. The van der Waals surface area contributed by atoms with Crippen molar-refractivity contribution in [2.75, 3.05) is 5.32 Å². The lowest BCUT2D eigenvalue weighted by Crippen LogP contribution is -2.15. The minimum absolute atomic E-state index is 0.0493. The van der Waals surface area contributed by atoms with E-state index in [0.717, 1.165) is 6.07 Å². The Morgan fingerprint density at radius 1 is 1.25 bits per heavy atom. The van der Waals surface area contributed by atoms with Crippen LogP contribution in [0, 0.1) is 0 Å². The number of carbonyl (C=O) groups excluding carboxylic acids is 1. The molecule has 0 unspecified atom stereocenters. The lowest BCUT2D eigenvalue weighted by atomic mass is 10.3. The third-order valence-electron chi connectivity index (χ3n) is 2.21. The van der Waals surface area contributed by atoms with Crippen LogP contribution in [0.1, 0.15) is 16.2 Å². The van der Waals surface area contributed by atoms with Gasteiger partial charge in [-0.15, -0.1) is 0 Å². The molecule has 0 aliphatic heterocycles. The number of pyridine rings is 1. The number of carbonyl (C=O) groups is 1. The van der Waals surface area contributed by atoms with Crippen LogP contribution >= 0.6 is 0 Å². The second kappa shape index (κ2) is 5.11. The number of hydrogen-bond donors (Lipinski definition) is 2. The smallest absolute Gasteiger partial charge is 0.433 e. The fraction of sp³-hybridized carbons (Fsp3) is 0.0909. The molecule has 0 aliphatic carbocycles. The van der Waals surface area contributed by atoms with E-state index < -0.39 is 23.7 Å². The lowest BCUT2D eigenvalue weighted by Gasteiger charge is -2.09. The molecule has 0 aromatic carbocycles. The molecule has 2 N–H and O–H groups in total. The van der Waals surface area contributed by atoms with Gasteiger partial charge >= 0.3 is 6.18 Å². The zero-order valence-corrected chi connectivity index (χ0v) is 9.72. The number of rotatable bonds is 2. The van der Waals surface area contributed by atoms with E-state index >= 15 is 0 Å². The molecule has 0 bridgehead atoms. The second-order valence-corrected chi connectivity index (χ2v) is 3.61. The average Bonchev–Trinajstić information content (AvgIpc) is 2.41. The minimum atomic E-state index is -4.68. The minimum Gasteiger partial charge on any atom is -0.492 e. The molecule has 2 heterocycles. The van der Waals surface area contributed by atoms with Gasteiger partial charge in [-0.25, -0.2) is 9.97 Å². The molecule has 6 nitrogen and oxygen atoms in total. The van der Waals surface area contributed by atoms with Crippen molar-refractivity contribution >= 4 is 11.6 Å². The highest BCUT2D eigenvalue weighted by Gasteiger charge is 2.33. The largest absolute Gasteiger partial charge is 0.492 e. The van der Waals surface area contributed by atoms with Gasteiger partial charge in [-0.1, -0.05) is 0 Å². The van der Waals surface area contributed by atoms with E-state index in [0.29, 0.717) is 6.07 Å². The third kappa shape index (κ3) is 2.99. The lowest BCUT2D eigenvalue weighted by molar-refractivity contribution is -0.141. The molecule has 0 spiro atoms. The van der Waals surface area contributed by atoms with E-state index in [-0.39, 0.29) is 11.4 Å². The summed E-state index contributed by atoms with van der Waals surface area (Å²) in [6.45, 7) is 0. The predicted octanol–water partition coefficient (Wildman–Crippen LogP) is 1.85. The normalized spacial score (nSPS) is 11.2. The maximum absolute atomic E-state index is 12.3. The summed E-state index contributed by atoms with van der Waals surface area (Å²) in [6.07, 6.45) is -0.872. The molecule has 0 saturated heterocycles. The number of anilines is 1. The van der Waals surface area contributed by atoms with E-state index in [1.54, 1.807) is 0 Å². The number of hydrogen-bond acceptors (Lipinski definition) is 5. The van der Waals surface area contributed by atoms with Crippen LogP contribution < -0.4 is 5.32 Å². The monoisotopic (exact) mass is 284 g/mol. The Balaban J connectivity index is 2.21. The van der Waals surface area contributed by atoms with E-state index in [4.69, 9.17) is 0 Å². The summed E-state index contributed by atoms with van der Waals surface area (Å²) >= 11 is 0. The van der Waals surface area contributed by atoms with E-state index in [1.165, 1.54) is 18.6 Å². The van der Waals surface area contributed by atoms with Crippen molar-refractivity contribution in [1.29, 1.82) is 0 Å². The molecular formula is C11H7F3N4O2. The topological polar surface area (TPSA) is 88.0 Å². The van der Waals surface area contributed by atoms with Gasteiger partial charge in [-0.2, -0.15) is 13.2 Å². The zero-order valence-electron chi connectivity index (χ0n) is 9.72. The van der Waals surface area contributed by atoms with Gasteiger partial charge in [-0.3, -0.25) is 9.78 Å². The van der Waals surface area contributed by atoms with Gasteiger partial charge in [0.05, 0.1) is 6.20 Å². The molecule has 0 saturated carbocycles. The Morgan fingerprint density at radius 2 is 2.00 bits per heavy atom. The van der Waals surface area contributed by atoms with Crippen molar-refractivity contribution in [1.82, 2.24) is 15.0 Å². The molecule has 9 heteroatoms. The fourth-order valence-corrected chi connectivity index (χ4v) is 1.31. The van der Waals surface area contributed by atoms with Crippen LogP contribution in [0.4, 0.5) is 18.9 Å². The maximum atomic E-state index is 12.3. The van der Waals surface area contributed by atoms with Crippen LogP contribution in [-0.2, 0) is 6.18 Å². The van der Waals surface area contributed by atoms with E-state index in [9.17, 15) is 23.1 Å². The molecule has 1 amide bonds. The summed E-state index contributed by atoms with van der Waals surface area (Å²) in [5.41, 5.74) is -1.56. The Bertz CT molecular complexity index is 631. The third-order valence-corrected chi connectivity index (χ3v) is 2.21. The molecular weight excluding hydrogens is 277 g/mol. The highest BCUT2D eigenvalue weighted by Crippen LogP contribution is 2.31. The Kier molecular flexibility index (Phi) is 3.51. The predicted molar refractivity (Wildman–Crippen MR) is 60.9 cm³/mol. The van der Waals surface area contributed by atoms with Crippen molar-refractivity contribution in [3.8, 4) is 5.88 Å². The highest BCUT2D eigenvalue weighted by atomic mass is 19.4. The molecule has 2 aromatic heterocycles. The Labute approximate surface area is 110 Å². The number of aromatic nitrogens is 3. The van der Waals surface area contributed by atoms with Crippen molar-refractivity contribution < 1.29 is 23.1 Å². The molecule has 0 fully saturated rings. The Hall–Kier alpha value is -2.71. The molecule has 0 radical (unpaired) electrons. The van der Waals surface area contributed by atoms with Crippen molar-refractivity contribution in [2.24, 2.45) is 0 Å². The van der Waals surface area contributed by atoms with Crippen molar-refractivity contribution in [3.05, 3.63) is 42.1 Å². The molecule has 104 valence electrons. The quantitative estimate of drug-likeness (QED) is 0.878.